The van der Waals surface area contributed by atoms with Gasteiger partial charge in [0.05, 0.1) is 7.11 Å². The molecule has 0 atom stereocenters. The van der Waals surface area contributed by atoms with E-state index in [1.807, 2.05) is 31.1 Å². The van der Waals surface area contributed by atoms with Gasteiger partial charge in [-0.25, -0.2) is 0 Å². The van der Waals surface area contributed by atoms with Crippen molar-refractivity contribution in [3.63, 3.8) is 0 Å². The van der Waals surface area contributed by atoms with Gasteiger partial charge in [0.2, 0.25) is 0 Å². The smallest absolute Gasteiger partial charge is 0.150 e. The normalized spacial score (nSPS) is 10.3. The molecule has 1 aromatic carbocycles. The summed E-state index contributed by atoms with van der Waals surface area (Å²) >= 11 is 0. The van der Waals surface area contributed by atoms with E-state index in [1.54, 1.807) is 13.2 Å². The summed E-state index contributed by atoms with van der Waals surface area (Å²) in [5.41, 5.74) is 1.71. The molecule has 0 unspecified atom stereocenters. The van der Waals surface area contributed by atoms with Crippen molar-refractivity contribution in [2.24, 2.45) is 0 Å². The van der Waals surface area contributed by atoms with E-state index in [9.17, 15) is 4.79 Å². The molecule has 0 aliphatic rings. The van der Waals surface area contributed by atoms with Crippen LogP contribution in [0.15, 0.2) is 18.2 Å². The molecular weight excluding hydrogens is 178 g/mol. The number of rotatable bonds is 4. The van der Waals surface area contributed by atoms with Crippen LogP contribution in [0.2, 0.25) is 0 Å². The molecule has 3 nitrogen and oxygen atoms in total. The molecule has 0 saturated heterocycles. The first-order valence-corrected chi connectivity index (χ1v) is 4.44. The van der Waals surface area contributed by atoms with Crippen LogP contribution in [-0.2, 0) is 6.54 Å². The first kappa shape index (κ1) is 10.7. The van der Waals surface area contributed by atoms with Crippen LogP contribution in [0.1, 0.15) is 15.9 Å². The van der Waals surface area contributed by atoms with Crippen molar-refractivity contribution in [2.75, 3.05) is 21.2 Å². The standard InChI is InChI=1S/C11H15NO2/c1-12(2)7-10-6-9(8-13)4-5-11(10)14-3/h4-6,8H,7H2,1-3H3. The highest BCUT2D eigenvalue weighted by Crippen LogP contribution is 2.20. The number of ether oxygens (including phenoxy) is 1. The Morgan fingerprint density at radius 2 is 2.14 bits per heavy atom. The van der Waals surface area contributed by atoms with Gasteiger partial charge in [-0.2, -0.15) is 0 Å². The highest BCUT2D eigenvalue weighted by Gasteiger charge is 2.04. The Kier molecular flexibility index (Phi) is 3.65. The minimum absolute atomic E-state index is 0.683. The molecule has 0 N–H and O–H groups in total. The minimum Gasteiger partial charge on any atom is -0.496 e. The van der Waals surface area contributed by atoms with E-state index in [-0.39, 0.29) is 0 Å². The Bertz CT molecular complexity index is 321. The number of hydrogen-bond acceptors (Lipinski definition) is 3. The van der Waals surface area contributed by atoms with E-state index in [4.69, 9.17) is 4.74 Å². The summed E-state index contributed by atoms with van der Waals surface area (Å²) in [6.45, 7) is 0.769. The fraction of sp³-hybridized carbons (Fsp3) is 0.364. The van der Waals surface area contributed by atoms with Crippen molar-refractivity contribution >= 4 is 6.29 Å². The van der Waals surface area contributed by atoms with Crippen LogP contribution >= 0.6 is 0 Å². The molecule has 0 aliphatic carbocycles. The van der Waals surface area contributed by atoms with Gasteiger partial charge in [0.25, 0.3) is 0 Å². The lowest BCUT2D eigenvalue weighted by atomic mass is 10.1. The van der Waals surface area contributed by atoms with Gasteiger partial charge in [-0.15, -0.1) is 0 Å². The second kappa shape index (κ2) is 4.77. The van der Waals surface area contributed by atoms with Crippen molar-refractivity contribution in [3.05, 3.63) is 29.3 Å². The first-order valence-electron chi connectivity index (χ1n) is 4.44. The zero-order valence-electron chi connectivity index (χ0n) is 8.78. The summed E-state index contributed by atoms with van der Waals surface area (Å²) < 4.78 is 5.20. The molecule has 1 rings (SSSR count). The maximum atomic E-state index is 10.6. The van der Waals surface area contributed by atoms with E-state index in [1.165, 1.54) is 0 Å². The van der Waals surface area contributed by atoms with Crippen LogP contribution in [0.5, 0.6) is 5.75 Å². The number of nitrogens with zero attached hydrogens (tertiary/aromatic N) is 1. The first-order chi connectivity index (χ1) is 6.67. The summed E-state index contributed by atoms with van der Waals surface area (Å²) in [7, 11) is 5.59. The fourth-order valence-electron chi connectivity index (χ4n) is 1.34. The van der Waals surface area contributed by atoms with E-state index < -0.39 is 0 Å². The van der Waals surface area contributed by atoms with Crippen LogP contribution in [0, 0.1) is 0 Å². The van der Waals surface area contributed by atoms with Crippen molar-refractivity contribution in [3.8, 4) is 5.75 Å². The SMILES string of the molecule is COc1ccc(C=O)cc1CN(C)C. The molecule has 76 valence electrons. The average Bonchev–Trinajstić information content (AvgIpc) is 2.16. The predicted octanol–water partition coefficient (Wildman–Crippen LogP) is 1.57. The van der Waals surface area contributed by atoms with E-state index in [0.29, 0.717) is 5.56 Å². The molecular formula is C11H15NO2. The number of carbonyl (C=O) groups is 1. The molecule has 0 aliphatic heterocycles. The van der Waals surface area contributed by atoms with Crippen molar-refractivity contribution < 1.29 is 9.53 Å². The lowest BCUT2D eigenvalue weighted by Crippen LogP contribution is -2.11. The Labute approximate surface area is 84.3 Å². The maximum absolute atomic E-state index is 10.6. The van der Waals surface area contributed by atoms with Crippen molar-refractivity contribution in [2.45, 2.75) is 6.54 Å². The Hall–Kier alpha value is -1.35. The Balaban J connectivity index is 3.01. The fourth-order valence-corrected chi connectivity index (χ4v) is 1.34. The van der Waals surface area contributed by atoms with Crippen molar-refractivity contribution in [1.29, 1.82) is 0 Å². The molecule has 0 heterocycles. The van der Waals surface area contributed by atoms with Gasteiger partial charge in [-0.05, 0) is 32.3 Å². The van der Waals surface area contributed by atoms with Gasteiger partial charge in [-0.1, -0.05) is 0 Å². The number of aldehydes is 1. The summed E-state index contributed by atoms with van der Waals surface area (Å²) in [4.78, 5) is 12.6. The van der Waals surface area contributed by atoms with E-state index in [0.717, 1.165) is 24.1 Å². The maximum Gasteiger partial charge on any atom is 0.150 e. The second-order valence-corrected chi connectivity index (χ2v) is 3.43. The third-order valence-electron chi connectivity index (χ3n) is 1.93. The largest absolute Gasteiger partial charge is 0.496 e. The van der Waals surface area contributed by atoms with Crippen LogP contribution in [0.25, 0.3) is 0 Å². The summed E-state index contributed by atoms with van der Waals surface area (Å²) in [6.07, 6.45) is 0.846. The summed E-state index contributed by atoms with van der Waals surface area (Å²) in [6, 6.07) is 5.43. The highest BCUT2D eigenvalue weighted by atomic mass is 16.5. The van der Waals surface area contributed by atoms with Gasteiger partial charge in [0.15, 0.2) is 0 Å². The number of benzene rings is 1. The molecule has 0 fully saturated rings. The number of hydrogen-bond donors (Lipinski definition) is 0. The second-order valence-electron chi connectivity index (χ2n) is 3.43. The monoisotopic (exact) mass is 193 g/mol. The van der Waals surface area contributed by atoms with Gasteiger partial charge >= 0.3 is 0 Å². The molecule has 0 spiro atoms. The third-order valence-corrected chi connectivity index (χ3v) is 1.93. The number of methoxy groups -OCH3 is 1. The molecule has 0 radical (unpaired) electrons. The summed E-state index contributed by atoms with van der Waals surface area (Å²) in [5.74, 6) is 0.823. The van der Waals surface area contributed by atoms with Crippen molar-refractivity contribution in [1.82, 2.24) is 4.90 Å². The molecule has 0 saturated carbocycles. The predicted molar refractivity (Wildman–Crippen MR) is 55.8 cm³/mol. The van der Waals surface area contributed by atoms with Crippen LogP contribution in [0.4, 0.5) is 0 Å². The van der Waals surface area contributed by atoms with Crippen LogP contribution in [-0.4, -0.2) is 32.4 Å². The Morgan fingerprint density at radius 1 is 1.43 bits per heavy atom. The highest BCUT2D eigenvalue weighted by molar-refractivity contribution is 5.75. The summed E-state index contributed by atoms with van der Waals surface area (Å²) in [5, 5.41) is 0. The van der Waals surface area contributed by atoms with Gasteiger partial charge in [0, 0.05) is 17.7 Å². The average molecular weight is 193 g/mol. The van der Waals surface area contributed by atoms with Gasteiger partial charge in [-0.3, -0.25) is 4.79 Å². The zero-order chi connectivity index (χ0) is 10.6. The lowest BCUT2D eigenvalue weighted by Gasteiger charge is -2.13. The minimum atomic E-state index is 0.683. The van der Waals surface area contributed by atoms with Crippen LogP contribution < -0.4 is 4.74 Å². The lowest BCUT2D eigenvalue weighted by molar-refractivity contribution is 0.112. The molecule has 0 amide bonds. The third kappa shape index (κ3) is 2.57. The molecule has 0 aromatic heterocycles. The van der Waals surface area contributed by atoms with E-state index >= 15 is 0 Å². The molecule has 3 heteroatoms. The molecule has 0 bridgehead atoms. The molecule has 1 aromatic rings. The van der Waals surface area contributed by atoms with Gasteiger partial charge in [0.1, 0.15) is 12.0 Å². The quantitative estimate of drug-likeness (QED) is 0.680. The topological polar surface area (TPSA) is 29.5 Å². The number of carbonyl (C=O) groups excluding carboxylic acids is 1. The zero-order valence-corrected chi connectivity index (χ0v) is 8.78. The van der Waals surface area contributed by atoms with Crippen LogP contribution in [0.3, 0.4) is 0 Å². The Morgan fingerprint density at radius 3 is 2.64 bits per heavy atom. The molecule has 14 heavy (non-hydrogen) atoms. The van der Waals surface area contributed by atoms with E-state index in [2.05, 4.69) is 0 Å². The van der Waals surface area contributed by atoms with Gasteiger partial charge < -0.3 is 9.64 Å².